The molecule has 0 fully saturated rings. The highest BCUT2D eigenvalue weighted by molar-refractivity contribution is 7.90. The van der Waals surface area contributed by atoms with Gasteiger partial charge in [-0.05, 0) is 56.7 Å². The number of ether oxygens (including phenoxy) is 1. The number of amides is 4. The van der Waals surface area contributed by atoms with Crippen LogP contribution in [0.1, 0.15) is 29.3 Å². The largest absolute Gasteiger partial charge is 0.462 e. The van der Waals surface area contributed by atoms with E-state index in [-0.39, 0.29) is 28.8 Å². The zero-order valence-electron chi connectivity index (χ0n) is 18.2. The number of nitrogens with zero attached hydrogens (tertiary/aromatic N) is 1. The monoisotopic (exact) mass is 494 g/mol. The predicted octanol–water partition coefficient (Wildman–Crippen LogP) is 2.93. The molecular weight excluding hydrogens is 468 g/mol. The molecule has 2 rings (SSSR count). The van der Waals surface area contributed by atoms with E-state index in [2.05, 4.69) is 23.4 Å². The van der Waals surface area contributed by atoms with E-state index < -0.39 is 22.0 Å². The number of hydrogen-bond acceptors (Lipinski definition) is 7. The van der Waals surface area contributed by atoms with E-state index >= 15 is 0 Å². The first kappa shape index (κ1) is 26.0. The molecule has 4 amide bonds. The molecule has 0 bridgehead atoms. The molecular formula is C21H26N4O6S2. The van der Waals surface area contributed by atoms with Crippen LogP contribution < -0.4 is 15.4 Å². The third-order valence-corrected chi connectivity index (χ3v) is 6.11. The van der Waals surface area contributed by atoms with Crippen LogP contribution in [0.3, 0.4) is 0 Å². The Balaban J connectivity index is 1.79. The number of carbonyl (C=O) groups is 3. The molecule has 10 nitrogen and oxygen atoms in total. The topological polar surface area (TPSA) is 134 Å². The van der Waals surface area contributed by atoms with Crippen molar-refractivity contribution in [3.63, 3.8) is 0 Å². The average molecular weight is 495 g/mol. The van der Waals surface area contributed by atoms with E-state index in [0.717, 1.165) is 5.56 Å². The van der Waals surface area contributed by atoms with Gasteiger partial charge in [0.1, 0.15) is 0 Å². The van der Waals surface area contributed by atoms with Gasteiger partial charge in [0.05, 0.1) is 17.1 Å². The van der Waals surface area contributed by atoms with Gasteiger partial charge in [0.2, 0.25) is 0 Å². The van der Waals surface area contributed by atoms with Crippen LogP contribution in [0.25, 0.3) is 0 Å². The summed E-state index contributed by atoms with van der Waals surface area (Å²) < 4.78 is 32.8. The number of esters is 1. The van der Waals surface area contributed by atoms with Crippen LogP contribution in [0.15, 0.2) is 53.4 Å². The molecule has 0 saturated carbocycles. The number of urea groups is 2. The van der Waals surface area contributed by atoms with Crippen LogP contribution in [-0.4, -0.2) is 50.5 Å². The minimum Gasteiger partial charge on any atom is -0.462 e. The van der Waals surface area contributed by atoms with Crippen molar-refractivity contribution in [3.8, 4) is 0 Å². The summed E-state index contributed by atoms with van der Waals surface area (Å²) in [6.45, 7) is 4.50. The summed E-state index contributed by atoms with van der Waals surface area (Å²) in [6, 6.07) is 10.6. The molecule has 2 aromatic rings. The fraction of sp³-hybridized carbons (Fsp3) is 0.286. The summed E-state index contributed by atoms with van der Waals surface area (Å²) in [5, 5.41) is 5.03. The Bertz CT molecular complexity index is 1070. The first-order chi connectivity index (χ1) is 15.6. The first-order valence-corrected chi connectivity index (χ1v) is 11.9. The lowest BCUT2D eigenvalue weighted by Crippen LogP contribution is -2.34. The number of sulfonamides is 1. The molecule has 33 heavy (non-hydrogen) atoms. The normalized spacial score (nSPS) is 10.8. The zero-order chi connectivity index (χ0) is 24.4. The van der Waals surface area contributed by atoms with Crippen molar-refractivity contribution in [2.75, 3.05) is 25.0 Å². The van der Waals surface area contributed by atoms with Gasteiger partial charge in [-0.15, -0.1) is 0 Å². The second-order valence-corrected chi connectivity index (χ2v) is 9.05. The Kier molecular flexibility index (Phi) is 9.55. The molecule has 0 atom stereocenters. The number of thiol groups is 1. The van der Waals surface area contributed by atoms with E-state index in [1.54, 1.807) is 19.1 Å². The Labute approximate surface area is 198 Å². The van der Waals surface area contributed by atoms with E-state index in [1.807, 2.05) is 11.6 Å². The van der Waals surface area contributed by atoms with Crippen molar-refractivity contribution in [2.24, 2.45) is 0 Å². The van der Waals surface area contributed by atoms with E-state index in [9.17, 15) is 22.8 Å². The summed E-state index contributed by atoms with van der Waals surface area (Å²) in [7, 11) is -4.01. The summed E-state index contributed by atoms with van der Waals surface area (Å²) in [5.74, 6) is -0.566. The molecule has 0 unspecified atom stereocenters. The minimum absolute atomic E-state index is 0.0331. The van der Waals surface area contributed by atoms with Crippen LogP contribution in [-0.2, 0) is 14.8 Å². The average Bonchev–Trinajstić information content (AvgIpc) is 2.78. The van der Waals surface area contributed by atoms with Crippen molar-refractivity contribution in [2.45, 2.75) is 25.2 Å². The van der Waals surface area contributed by atoms with Crippen molar-refractivity contribution in [3.05, 3.63) is 59.7 Å². The van der Waals surface area contributed by atoms with Gasteiger partial charge >= 0.3 is 18.0 Å². The number of anilines is 1. The SMILES string of the molecule is CCN(S)C(=O)NCCCOC(=O)c1ccc(NC(=O)NS(=O)(=O)c2ccc(C)cc2)cc1. The molecule has 12 heteroatoms. The van der Waals surface area contributed by atoms with Gasteiger partial charge in [-0.25, -0.2) is 27.5 Å². The number of aryl methyl sites for hydroxylation is 1. The number of rotatable bonds is 9. The second-order valence-electron chi connectivity index (χ2n) is 6.89. The molecule has 0 heterocycles. The summed E-state index contributed by atoms with van der Waals surface area (Å²) in [6.07, 6.45) is 0.429. The molecule has 0 aliphatic heterocycles. The molecule has 178 valence electrons. The van der Waals surface area contributed by atoms with E-state index in [1.165, 1.54) is 40.7 Å². The van der Waals surface area contributed by atoms with Crippen LogP contribution in [0.4, 0.5) is 15.3 Å². The zero-order valence-corrected chi connectivity index (χ0v) is 19.9. The lowest BCUT2D eigenvalue weighted by atomic mass is 10.2. The van der Waals surface area contributed by atoms with Crippen LogP contribution in [0.5, 0.6) is 0 Å². The minimum atomic E-state index is -4.01. The summed E-state index contributed by atoms with van der Waals surface area (Å²) in [4.78, 5) is 35.6. The standard InChI is InChI=1S/C21H26N4O6S2/c1-3-25(32)21(28)22-13-4-14-31-19(26)16-7-9-17(10-8-16)23-20(27)24-33(29,30)18-11-5-15(2)6-12-18/h5-12,32H,3-4,13-14H2,1-2H3,(H,22,28)(H2,23,24,27). The predicted molar refractivity (Wildman–Crippen MR) is 127 cm³/mol. The lowest BCUT2D eigenvalue weighted by molar-refractivity contribution is 0.0501. The van der Waals surface area contributed by atoms with Crippen molar-refractivity contribution in [1.29, 1.82) is 0 Å². The van der Waals surface area contributed by atoms with E-state index in [4.69, 9.17) is 4.74 Å². The van der Waals surface area contributed by atoms with Gasteiger partial charge in [-0.3, -0.25) is 4.31 Å². The number of carbonyl (C=O) groups excluding carboxylic acids is 3. The van der Waals surface area contributed by atoms with Crippen LogP contribution in [0, 0.1) is 6.92 Å². The highest BCUT2D eigenvalue weighted by atomic mass is 32.2. The molecule has 0 radical (unpaired) electrons. The molecule has 0 aliphatic carbocycles. The van der Waals surface area contributed by atoms with Crippen LogP contribution in [0.2, 0.25) is 0 Å². The summed E-state index contributed by atoms with van der Waals surface area (Å²) in [5.41, 5.74) is 1.43. The maximum absolute atomic E-state index is 12.3. The maximum Gasteiger partial charge on any atom is 0.338 e. The Hall–Kier alpha value is -3.25. The maximum atomic E-state index is 12.3. The number of hydrogen-bond donors (Lipinski definition) is 4. The number of nitrogens with one attached hydrogen (secondary N) is 3. The molecule has 0 saturated heterocycles. The Morgan fingerprint density at radius 3 is 2.27 bits per heavy atom. The Morgan fingerprint density at radius 2 is 1.67 bits per heavy atom. The van der Waals surface area contributed by atoms with Gasteiger partial charge in [-0.1, -0.05) is 30.5 Å². The third kappa shape index (κ3) is 8.31. The van der Waals surface area contributed by atoms with Gasteiger partial charge in [0, 0.05) is 18.8 Å². The Morgan fingerprint density at radius 1 is 1.03 bits per heavy atom. The second kappa shape index (κ2) is 12.1. The molecule has 0 spiro atoms. The third-order valence-electron chi connectivity index (χ3n) is 4.30. The molecule has 0 aromatic heterocycles. The van der Waals surface area contributed by atoms with Crippen LogP contribution >= 0.6 is 12.8 Å². The van der Waals surface area contributed by atoms with E-state index in [0.29, 0.717) is 19.5 Å². The smallest absolute Gasteiger partial charge is 0.338 e. The fourth-order valence-corrected chi connectivity index (χ4v) is 3.47. The summed E-state index contributed by atoms with van der Waals surface area (Å²) >= 11 is 3.98. The van der Waals surface area contributed by atoms with Crippen molar-refractivity contribution in [1.82, 2.24) is 14.3 Å². The highest BCUT2D eigenvalue weighted by Crippen LogP contribution is 2.13. The lowest BCUT2D eigenvalue weighted by Gasteiger charge is -2.13. The molecule has 0 aliphatic rings. The van der Waals surface area contributed by atoms with Gasteiger partial charge in [-0.2, -0.15) is 0 Å². The first-order valence-electron chi connectivity index (χ1n) is 10.0. The molecule has 2 aromatic carbocycles. The van der Waals surface area contributed by atoms with Gasteiger partial charge in [0.15, 0.2) is 0 Å². The number of benzene rings is 2. The quantitative estimate of drug-likeness (QED) is 0.241. The highest BCUT2D eigenvalue weighted by Gasteiger charge is 2.17. The molecule has 3 N–H and O–H groups in total. The van der Waals surface area contributed by atoms with Crippen molar-refractivity contribution >= 4 is 46.6 Å². The fourth-order valence-electron chi connectivity index (χ4n) is 2.50. The van der Waals surface area contributed by atoms with Gasteiger partial charge < -0.3 is 15.4 Å². The van der Waals surface area contributed by atoms with Gasteiger partial charge in [0.25, 0.3) is 10.0 Å². The van der Waals surface area contributed by atoms with Crippen molar-refractivity contribution < 1.29 is 27.5 Å².